The molecule has 4 aliphatic rings. The summed E-state index contributed by atoms with van der Waals surface area (Å²) >= 11 is 0. The average Bonchev–Trinajstić information content (AvgIpc) is 3.46. The first-order chi connectivity index (χ1) is 21.8. The molecule has 2 atom stereocenters. The number of methoxy groups -OCH3 is 1. The highest BCUT2D eigenvalue weighted by Gasteiger charge is 2.56. The lowest BCUT2D eigenvalue weighted by Gasteiger charge is -2.39. The fourth-order valence-electron chi connectivity index (χ4n) is 7.98. The summed E-state index contributed by atoms with van der Waals surface area (Å²) in [6, 6.07) is 12.6. The Morgan fingerprint density at radius 3 is 2.29 bits per heavy atom. The molecule has 4 saturated heterocycles. The Morgan fingerprint density at radius 2 is 1.64 bits per heavy atom. The van der Waals surface area contributed by atoms with Gasteiger partial charge in [-0.05, 0) is 79.8 Å². The largest absolute Gasteiger partial charge is 0.497 e. The van der Waals surface area contributed by atoms with Crippen LogP contribution in [0, 0.1) is 11.7 Å². The standard InChI is InChI=1S/C35H46F2N4O4/c1-38-33(42)26-11-15-39(16-12-26)32-21-27(36)5-8-30(32)24-9-17-40(18-10-24)34(43)35(37)23-41(28-13-19-45-20-14-28)22-31(35)25-3-6-29(44-2)7-4-25/h3-8,21,24,26,28,31H,9-20,22-23H2,1-2H3,(H,38,42)/t31-,35-/m0/s1. The molecule has 2 amide bonds. The number of nitrogens with one attached hydrogen (secondary N) is 1. The van der Waals surface area contributed by atoms with Crippen molar-refractivity contribution >= 4 is 17.5 Å². The van der Waals surface area contributed by atoms with E-state index >= 15 is 4.39 Å². The molecule has 0 spiro atoms. The number of likely N-dealkylation sites (tertiary alicyclic amines) is 2. The summed E-state index contributed by atoms with van der Waals surface area (Å²) in [5.74, 6) is -0.406. The van der Waals surface area contributed by atoms with E-state index in [-0.39, 0.29) is 36.1 Å². The molecule has 1 N–H and O–H groups in total. The van der Waals surface area contributed by atoms with Crippen LogP contribution in [0.3, 0.4) is 0 Å². The second-order valence-electron chi connectivity index (χ2n) is 13.1. The summed E-state index contributed by atoms with van der Waals surface area (Å²) in [5, 5.41) is 2.74. The number of nitrogens with zero attached hydrogens (tertiary/aromatic N) is 3. The molecule has 4 aliphatic heterocycles. The number of carbonyl (C=O) groups is 2. The minimum Gasteiger partial charge on any atom is -0.497 e. The number of piperidine rings is 2. The van der Waals surface area contributed by atoms with Crippen LogP contribution in [0.2, 0.25) is 0 Å². The number of carbonyl (C=O) groups excluding carboxylic acids is 2. The molecule has 45 heavy (non-hydrogen) atoms. The maximum atomic E-state index is 17.3. The summed E-state index contributed by atoms with van der Waals surface area (Å²) in [4.78, 5) is 32.4. The van der Waals surface area contributed by atoms with E-state index in [0.717, 1.165) is 42.5 Å². The van der Waals surface area contributed by atoms with Crippen LogP contribution in [0.1, 0.15) is 61.5 Å². The van der Waals surface area contributed by atoms with Crippen LogP contribution in [0.25, 0.3) is 0 Å². The first-order valence-electron chi connectivity index (χ1n) is 16.5. The summed E-state index contributed by atoms with van der Waals surface area (Å²) in [5.41, 5.74) is 0.724. The minimum atomic E-state index is -2.03. The zero-order chi connectivity index (χ0) is 31.6. The van der Waals surface area contributed by atoms with E-state index in [2.05, 4.69) is 15.1 Å². The highest BCUT2D eigenvalue weighted by Crippen LogP contribution is 2.44. The Hall–Kier alpha value is -3.24. The number of benzene rings is 2. The molecule has 4 fully saturated rings. The Labute approximate surface area is 265 Å². The van der Waals surface area contributed by atoms with Crippen LogP contribution in [0.4, 0.5) is 14.5 Å². The molecular formula is C35H46F2N4O4. The number of ether oxygens (including phenoxy) is 2. The second kappa shape index (κ2) is 13.6. The van der Waals surface area contributed by atoms with E-state index in [1.165, 1.54) is 6.07 Å². The van der Waals surface area contributed by atoms with Crippen molar-refractivity contribution in [3.8, 4) is 5.75 Å². The van der Waals surface area contributed by atoms with E-state index in [1.54, 1.807) is 25.1 Å². The Kier molecular flexibility index (Phi) is 9.61. The van der Waals surface area contributed by atoms with Gasteiger partial charge in [0.2, 0.25) is 11.6 Å². The van der Waals surface area contributed by atoms with Crippen molar-refractivity contribution < 1.29 is 27.8 Å². The van der Waals surface area contributed by atoms with E-state index in [1.807, 2.05) is 30.3 Å². The molecule has 0 bridgehead atoms. The van der Waals surface area contributed by atoms with Gasteiger partial charge in [0.15, 0.2) is 0 Å². The zero-order valence-corrected chi connectivity index (χ0v) is 26.5. The van der Waals surface area contributed by atoms with Crippen LogP contribution in [0.5, 0.6) is 5.75 Å². The monoisotopic (exact) mass is 624 g/mol. The van der Waals surface area contributed by atoms with Crippen molar-refractivity contribution in [3.05, 3.63) is 59.4 Å². The smallest absolute Gasteiger partial charge is 0.262 e. The first kappa shape index (κ1) is 31.7. The topological polar surface area (TPSA) is 74.4 Å². The normalized spacial score (nSPS) is 25.8. The van der Waals surface area contributed by atoms with Gasteiger partial charge < -0.3 is 24.6 Å². The zero-order valence-electron chi connectivity index (χ0n) is 26.5. The van der Waals surface area contributed by atoms with Gasteiger partial charge in [-0.3, -0.25) is 14.5 Å². The molecule has 0 unspecified atom stereocenters. The molecule has 6 rings (SSSR count). The number of hydrogen-bond donors (Lipinski definition) is 1. The Balaban J connectivity index is 1.16. The highest BCUT2D eigenvalue weighted by molar-refractivity contribution is 5.87. The predicted molar refractivity (Wildman–Crippen MR) is 169 cm³/mol. The van der Waals surface area contributed by atoms with Crippen molar-refractivity contribution in [2.75, 3.05) is 71.5 Å². The van der Waals surface area contributed by atoms with E-state index in [9.17, 15) is 14.0 Å². The van der Waals surface area contributed by atoms with E-state index in [0.29, 0.717) is 64.5 Å². The lowest BCUT2D eigenvalue weighted by Crippen LogP contribution is -2.53. The Bertz CT molecular complexity index is 1340. The number of amides is 2. The van der Waals surface area contributed by atoms with Crippen LogP contribution >= 0.6 is 0 Å². The molecule has 2 aromatic rings. The molecular weight excluding hydrogens is 578 g/mol. The number of halogens is 2. The molecule has 0 aliphatic carbocycles. The van der Waals surface area contributed by atoms with Crippen molar-refractivity contribution in [1.29, 1.82) is 0 Å². The van der Waals surface area contributed by atoms with Gasteiger partial charge in [0.25, 0.3) is 5.91 Å². The minimum absolute atomic E-state index is 0.0229. The van der Waals surface area contributed by atoms with Crippen LogP contribution < -0.4 is 15.0 Å². The lowest BCUT2D eigenvalue weighted by atomic mass is 9.83. The first-order valence-corrected chi connectivity index (χ1v) is 16.5. The SMILES string of the molecule is CNC(=O)C1CCN(c2cc(F)ccc2C2CCN(C(=O)[C@]3(F)CN(C4CCOCC4)C[C@H]3c3ccc(OC)cc3)CC2)CC1. The number of hydrogen-bond acceptors (Lipinski definition) is 6. The van der Waals surface area contributed by atoms with Gasteiger partial charge in [0, 0.05) is 83.1 Å². The summed E-state index contributed by atoms with van der Waals surface area (Å²) in [6.45, 7) is 4.18. The maximum absolute atomic E-state index is 17.3. The summed E-state index contributed by atoms with van der Waals surface area (Å²) < 4.78 is 42.7. The highest BCUT2D eigenvalue weighted by atomic mass is 19.1. The second-order valence-corrected chi connectivity index (χ2v) is 13.1. The molecule has 4 heterocycles. The molecule has 244 valence electrons. The molecule has 0 radical (unpaired) electrons. The molecule has 0 aromatic heterocycles. The van der Waals surface area contributed by atoms with Crippen LogP contribution in [0.15, 0.2) is 42.5 Å². The van der Waals surface area contributed by atoms with Crippen molar-refractivity contribution in [1.82, 2.24) is 15.1 Å². The van der Waals surface area contributed by atoms with Gasteiger partial charge in [0.05, 0.1) is 7.11 Å². The van der Waals surface area contributed by atoms with Gasteiger partial charge >= 0.3 is 0 Å². The maximum Gasteiger partial charge on any atom is 0.262 e. The average molecular weight is 625 g/mol. The van der Waals surface area contributed by atoms with Crippen molar-refractivity contribution in [3.63, 3.8) is 0 Å². The number of anilines is 1. The van der Waals surface area contributed by atoms with Crippen LogP contribution in [-0.4, -0.2) is 100.0 Å². The third-order valence-electron chi connectivity index (χ3n) is 10.7. The molecule has 2 aromatic carbocycles. The predicted octanol–water partition coefficient (Wildman–Crippen LogP) is 4.49. The molecule has 0 saturated carbocycles. The van der Waals surface area contributed by atoms with Gasteiger partial charge in [0.1, 0.15) is 11.6 Å². The molecule has 10 heteroatoms. The fraction of sp³-hybridized carbons (Fsp3) is 0.600. The summed E-state index contributed by atoms with van der Waals surface area (Å²) in [6.07, 6.45) is 4.50. The van der Waals surface area contributed by atoms with Gasteiger partial charge in [-0.1, -0.05) is 18.2 Å². The third-order valence-corrected chi connectivity index (χ3v) is 10.7. The van der Waals surface area contributed by atoms with Gasteiger partial charge in [-0.2, -0.15) is 0 Å². The molecule has 8 nitrogen and oxygen atoms in total. The van der Waals surface area contributed by atoms with Gasteiger partial charge in [-0.15, -0.1) is 0 Å². The van der Waals surface area contributed by atoms with E-state index in [4.69, 9.17) is 9.47 Å². The number of alkyl halides is 1. The number of rotatable bonds is 7. The lowest BCUT2D eigenvalue weighted by molar-refractivity contribution is -0.145. The third kappa shape index (κ3) is 6.54. The van der Waals surface area contributed by atoms with Gasteiger partial charge in [-0.25, -0.2) is 8.78 Å². The fourth-order valence-corrected chi connectivity index (χ4v) is 7.98. The van der Waals surface area contributed by atoms with Crippen molar-refractivity contribution in [2.24, 2.45) is 5.92 Å². The van der Waals surface area contributed by atoms with E-state index < -0.39 is 17.5 Å². The summed E-state index contributed by atoms with van der Waals surface area (Å²) in [7, 11) is 3.27. The quantitative estimate of drug-likeness (QED) is 0.490. The Morgan fingerprint density at radius 1 is 0.956 bits per heavy atom. The van der Waals surface area contributed by atoms with Crippen molar-refractivity contribution in [2.45, 2.75) is 62.1 Å². The van der Waals surface area contributed by atoms with Crippen LogP contribution in [-0.2, 0) is 14.3 Å².